The summed E-state index contributed by atoms with van der Waals surface area (Å²) in [6.07, 6.45) is 0.819. The Balaban J connectivity index is 3.01. The lowest BCUT2D eigenvalue weighted by Gasteiger charge is -2.10. The third kappa shape index (κ3) is 1.93. The summed E-state index contributed by atoms with van der Waals surface area (Å²) in [4.78, 5) is 0.750. The van der Waals surface area contributed by atoms with E-state index in [0.717, 1.165) is 16.9 Å². The topological polar surface area (TPSA) is 46.2 Å². The number of phenols is 1. The molecule has 0 fully saturated rings. The van der Waals surface area contributed by atoms with Gasteiger partial charge in [0.05, 0.1) is 0 Å². The van der Waals surface area contributed by atoms with Crippen molar-refractivity contribution in [1.82, 2.24) is 0 Å². The van der Waals surface area contributed by atoms with E-state index in [1.165, 1.54) is 0 Å². The molecule has 0 heterocycles. The monoisotopic (exact) mass is 183 g/mol. The molecule has 1 rings (SSSR count). The van der Waals surface area contributed by atoms with Crippen LogP contribution in [-0.4, -0.2) is 5.11 Å². The Labute approximate surface area is 77.8 Å². The SMILES string of the molecule is CC[C@@H](N)c1ccc(S)cc1O. The molecule has 1 atom stereocenters. The van der Waals surface area contributed by atoms with E-state index >= 15 is 0 Å². The highest BCUT2D eigenvalue weighted by Gasteiger charge is 2.07. The van der Waals surface area contributed by atoms with Crippen molar-refractivity contribution in [2.75, 3.05) is 0 Å². The Bertz CT molecular complexity index is 275. The first-order valence-electron chi connectivity index (χ1n) is 3.92. The van der Waals surface area contributed by atoms with E-state index in [4.69, 9.17) is 5.73 Å². The van der Waals surface area contributed by atoms with Crippen molar-refractivity contribution >= 4 is 12.6 Å². The second-order valence-electron chi connectivity index (χ2n) is 2.76. The first-order chi connectivity index (χ1) is 5.65. The van der Waals surface area contributed by atoms with Crippen LogP contribution in [0.5, 0.6) is 5.75 Å². The van der Waals surface area contributed by atoms with Gasteiger partial charge in [0.1, 0.15) is 5.75 Å². The maximum atomic E-state index is 9.46. The second-order valence-corrected chi connectivity index (χ2v) is 3.27. The molecule has 0 radical (unpaired) electrons. The Morgan fingerprint density at radius 2 is 2.25 bits per heavy atom. The fraction of sp³-hybridized carbons (Fsp3) is 0.333. The lowest BCUT2D eigenvalue weighted by Crippen LogP contribution is -2.08. The zero-order valence-electron chi connectivity index (χ0n) is 6.99. The quantitative estimate of drug-likeness (QED) is 0.615. The minimum Gasteiger partial charge on any atom is -0.508 e. The van der Waals surface area contributed by atoms with Gasteiger partial charge in [-0.05, 0) is 18.6 Å². The van der Waals surface area contributed by atoms with Gasteiger partial charge in [-0.25, -0.2) is 0 Å². The molecule has 0 unspecified atom stereocenters. The number of benzene rings is 1. The zero-order chi connectivity index (χ0) is 9.14. The number of thiol groups is 1. The predicted molar refractivity (Wildman–Crippen MR) is 52.6 cm³/mol. The summed E-state index contributed by atoms with van der Waals surface area (Å²) in [6, 6.07) is 5.16. The lowest BCUT2D eigenvalue weighted by molar-refractivity contribution is 0.458. The van der Waals surface area contributed by atoms with Crippen molar-refractivity contribution in [3.63, 3.8) is 0 Å². The second kappa shape index (κ2) is 3.83. The van der Waals surface area contributed by atoms with Crippen molar-refractivity contribution in [2.45, 2.75) is 24.3 Å². The van der Waals surface area contributed by atoms with Crippen LogP contribution in [0.4, 0.5) is 0 Å². The number of nitrogens with two attached hydrogens (primary N) is 1. The van der Waals surface area contributed by atoms with Gasteiger partial charge in [0.2, 0.25) is 0 Å². The van der Waals surface area contributed by atoms with Gasteiger partial charge >= 0.3 is 0 Å². The molecule has 66 valence electrons. The summed E-state index contributed by atoms with van der Waals surface area (Å²) < 4.78 is 0. The first-order valence-corrected chi connectivity index (χ1v) is 4.37. The molecule has 0 aliphatic carbocycles. The number of hydrogen-bond donors (Lipinski definition) is 3. The number of phenolic OH excluding ortho intramolecular Hbond substituents is 1. The van der Waals surface area contributed by atoms with Gasteiger partial charge in [0.15, 0.2) is 0 Å². The van der Waals surface area contributed by atoms with Gasteiger partial charge in [-0.15, -0.1) is 12.6 Å². The summed E-state index contributed by atoms with van der Waals surface area (Å²) in [7, 11) is 0. The zero-order valence-corrected chi connectivity index (χ0v) is 7.88. The fourth-order valence-corrected chi connectivity index (χ4v) is 1.26. The van der Waals surface area contributed by atoms with Crippen LogP contribution in [0.1, 0.15) is 24.9 Å². The van der Waals surface area contributed by atoms with Gasteiger partial charge in [-0.2, -0.15) is 0 Å². The Morgan fingerprint density at radius 1 is 1.58 bits per heavy atom. The predicted octanol–water partition coefficient (Wildman–Crippen LogP) is 2.09. The number of rotatable bonds is 2. The van der Waals surface area contributed by atoms with Gasteiger partial charge in [0.25, 0.3) is 0 Å². The molecule has 0 spiro atoms. The average Bonchev–Trinajstić information content (AvgIpc) is 2.03. The van der Waals surface area contributed by atoms with Crippen molar-refractivity contribution in [3.05, 3.63) is 23.8 Å². The molecule has 1 aromatic rings. The van der Waals surface area contributed by atoms with Crippen LogP contribution in [0.3, 0.4) is 0 Å². The molecule has 0 amide bonds. The van der Waals surface area contributed by atoms with Crippen molar-refractivity contribution in [2.24, 2.45) is 5.73 Å². The van der Waals surface area contributed by atoms with E-state index in [0.29, 0.717) is 0 Å². The van der Waals surface area contributed by atoms with Crippen LogP contribution in [-0.2, 0) is 0 Å². The van der Waals surface area contributed by atoms with Crippen LogP contribution in [0.2, 0.25) is 0 Å². The van der Waals surface area contributed by atoms with Gasteiger partial charge in [-0.3, -0.25) is 0 Å². The average molecular weight is 183 g/mol. The molecule has 3 heteroatoms. The molecule has 0 aliphatic rings. The highest BCUT2D eigenvalue weighted by atomic mass is 32.1. The summed E-state index contributed by atoms with van der Waals surface area (Å²) in [5.41, 5.74) is 6.55. The fourth-order valence-electron chi connectivity index (χ4n) is 1.07. The Morgan fingerprint density at radius 3 is 2.75 bits per heavy atom. The first kappa shape index (κ1) is 9.42. The maximum absolute atomic E-state index is 9.46. The van der Waals surface area contributed by atoms with Crippen molar-refractivity contribution < 1.29 is 5.11 Å². The molecule has 0 saturated carbocycles. The smallest absolute Gasteiger partial charge is 0.121 e. The van der Waals surface area contributed by atoms with Crippen LogP contribution in [0.25, 0.3) is 0 Å². The Hall–Kier alpha value is -0.670. The summed E-state index contributed by atoms with van der Waals surface area (Å²) in [5, 5.41) is 9.46. The van der Waals surface area contributed by atoms with Crippen LogP contribution >= 0.6 is 12.6 Å². The molecule has 0 saturated heterocycles. The van der Waals surface area contributed by atoms with Crippen LogP contribution < -0.4 is 5.73 Å². The largest absolute Gasteiger partial charge is 0.508 e. The third-order valence-electron chi connectivity index (χ3n) is 1.85. The van der Waals surface area contributed by atoms with E-state index < -0.39 is 0 Å². The molecule has 3 N–H and O–H groups in total. The molecule has 0 bridgehead atoms. The molecule has 12 heavy (non-hydrogen) atoms. The number of hydrogen-bond acceptors (Lipinski definition) is 3. The van der Waals surface area contributed by atoms with E-state index in [2.05, 4.69) is 12.6 Å². The molecular weight excluding hydrogens is 170 g/mol. The molecule has 2 nitrogen and oxygen atoms in total. The van der Waals surface area contributed by atoms with Gasteiger partial charge in [0, 0.05) is 16.5 Å². The Kier molecular flexibility index (Phi) is 3.00. The molecule has 1 aromatic carbocycles. The lowest BCUT2D eigenvalue weighted by atomic mass is 10.0. The van der Waals surface area contributed by atoms with Gasteiger partial charge in [-0.1, -0.05) is 13.0 Å². The molecule has 0 aliphatic heterocycles. The highest BCUT2D eigenvalue weighted by molar-refractivity contribution is 7.80. The standard InChI is InChI=1S/C9H13NOS/c1-2-8(10)7-4-3-6(12)5-9(7)11/h3-5,8,11-12H,2,10H2,1H3/t8-/m1/s1. The third-order valence-corrected chi connectivity index (χ3v) is 2.13. The van der Waals surface area contributed by atoms with E-state index in [-0.39, 0.29) is 11.8 Å². The van der Waals surface area contributed by atoms with E-state index in [9.17, 15) is 5.11 Å². The van der Waals surface area contributed by atoms with Crippen LogP contribution in [0.15, 0.2) is 23.1 Å². The summed E-state index contributed by atoms with van der Waals surface area (Å²) >= 11 is 4.10. The van der Waals surface area contributed by atoms with E-state index in [1.54, 1.807) is 6.07 Å². The maximum Gasteiger partial charge on any atom is 0.121 e. The molecule has 0 aromatic heterocycles. The van der Waals surface area contributed by atoms with Crippen molar-refractivity contribution in [3.8, 4) is 5.75 Å². The molecular formula is C9H13NOS. The highest BCUT2D eigenvalue weighted by Crippen LogP contribution is 2.26. The van der Waals surface area contributed by atoms with E-state index in [1.807, 2.05) is 19.1 Å². The van der Waals surface area contributed by atoms with Gasteiger partial charge < -0.3 is 10.8 Å². The van der Waals surface area contributed by atoms with Crippen LogP contribution in [0, 0.1) is 0 Å². The normalized spacial score (nSPS) is 12.9. The summed E-state index contributed by atoms with van der Waals surface area (Å²) in [6.45, 7) is 1.98. The minimum absolute atomic E-state index is 0.0843. The minimum atomic E-state index is -0.0843. The summed E-state index contributed by atoms with van der Waals surface area (Å²) in [5.74, 6) is 0.233. The number of aromatic hydroxyl groups is 1. The van der Waals surface area contributed by atoms with Crippen molar-refractivity contribution in [1.29, 1.82) is 0 Å².